The summed E-state index contributed by atoms with van der Waals surface area (Å²) in [6, 6.07) is 16.6. The predicted octanol–water partition coefficient (Wildman–Crippen LogP) is 3.03. The number of hydrogen-bond acceptors (Lipinski definition) is 3. The van der Waals surface area contributed by atoms with E-state index in [9.17, 15) is 9.59 Å². The normalized spacial score (nSPS) is 11.5. The highest BCUT2D eigenvalue weighted by Gasteiger charge is 2.14. The molecule has 0 radical (unpaired) electrons. The third-order valence-corrected chi connectivity index (χ3v) is 3.38. The summed E-state index contributed by atoms with van der Waals surface area (Å²) in [7, 11) is 0. The molecule has 1 N–H and O–H groups in total. The largest absolute Gasteiger partial charge is 0.452 e. The Balaban J connectivity index is 1.85. The maximum Gasteiger partial charge on any atom is 0.338 e. The van der Waals surface area contributed by atoms with Crippen molar-refractivity contribution in [3.63, 3.8) is 0 Å². The lowest BCUT2D eigenvalue weighted by Gasteiger charge is -2.14. The number of esters is 1. The molecule has 0 unspecified atom stereocenters. The van der Waals surface area contributed by atoms with E-state index in [0.717, 1.165) is 11.1 Å². The fourth-order valence-corrected chi connectivity index (χ4v) is 2.12. The van der Waals surface area contributed by atoms with Crippen LogP contribution in [0.5, 0.6) is 0 Å². The zero-order valence-corrected chi connectivity index (χ0v) is 12.7. The second-order valence-corrected chi connectivity index (χ2v) is 5.09. The van der Waals surface area contributed by atoms with Crippen LogP contribution >= 0.6 is 0 Å². The molecule has 0 aliphatic rings. The summed E-state index contributed by atoms with van der Waals surface area (Å²) < 4.78 is 5.06. The molecule has 22 heavy (non-hydrogen) atoms. The van der Waals surface area contributed by atoms with E-state index in [1.807, 2.05) is 56.3 Å². The summed E-state index contributed by atoms with van der Waals surface area (Å²) in [5.41, 5.74) is 2.30. The Labute approximate surface area is 130 Å². The highest BCUT2D eigenvalue weighted by atomic mass is 16.5. The maximum atomic E-state index is 11.9. The molecule has 2 rings (SSSR count). The highest BCUT2D eigenvalue weighted by molar-refractivity contribution is 5.92. The van der Waals surface area contributed by atoms with Crippen molar-refractivity contribution in [3.8, 4) is 0 Å². The molecule has 1 amide bonds. The fraction of sp³-hybridized carbons (Fsp3) is 0.222. The SMILES string of the molecule is Cc1ccccc1C(=O)OCC(=O)N[C@@H](C)c1ccccc1. The topological polar surface area (TPSA) is 55.4 Å². The third-order valence-electron chi connectivity index (χ3n) is 3.38. The lowest BCUT2D eigenvalue weighted by molar-refractivity contribution is -0.124. The van der Waals surface area contributed by atoms with Crippen LogP contribution in [-0.2, 0) is 9.53 Å². The maximum absolute atomic E-state index is 11.9. The van der Waals surface area contributed by atoms with Gasteiger partial charge in [0.05, 0.1) is 11.6 Å². The number of ether oxygens (including phenoxy) is 1. The summed E-state index contributed by atoms with van der Waals surface area (Å²) in [5.74, 6) is -0.807. The van der Waals surface area contributed by atoms with Crippen molar-refractivity contribution in [3.05, 3.63) is 71.3 Å². The van der Waals surface area contributed by atoms with Gasteiger partial charge in [-0.15, -0.1) is 0 Å². The van der Waals surface area contributed by atoms with Gasteiger partial charge in [-0.1, -0.05) is 48.5 Å². The van der Waals surface area contributed by atoms with Gasteiger partial charge in [0, 0.05) is 0 Å². The Morgan fingerprint density at radius 3 is 2.36 bits per heavy atom. The highest BCUT2D eigenvalue weighted by Crippen LogP contribution is 2.11. The number of carbonyl (C=O) groups is 2. The average molecular weight is 297 g/mol. The number of rotatable bonds is 5. The first kappa shape index (κ1) is 15.8. The van der Waals surface area contributed by atoms with Crippen molar-refractivity contribution < 1.29 is 14.3 Å². The van der Waals surface area contributed by atoms with Crippen molar-refractivity contribution >= 4 is 11.9 Å². The van der Waals surface area contributed by atoms with E-state index in [0.29, 0.717) is 5.56 Å². The summed E-state index contributed by atoms with van der Waals surface area (Å²) in [4.78, 5) is 23.8. The van der Waals surface area contributed by atoms with Gasteiger partial charge in [-0.3, -0.25) is 4.79 Å². The number of nitrogens with one attached hydrogen (secondary N) is 1. The number of carbonyl (C=O) groups excluding carboxylic acids is 2. The Morgan fingerprint density at radius 1 is 1.05 bits per heavy atom. The Bertz CT molecular complexity index is 652. The molecule has 2 aromatic carbocycles. The minimum Gasteiger partial charge on any atom is -0.452 e. The van der Waals surface area contributed by atoms with E-state index in [1.54, 1.807) is 12.1 Å². The lowest BCUT2D eigenvalue weighted by Crippen LogP contribution is -2.31. The lowest BCUT2D eigenvalue weighted by atomic mass is 10.1. The van der Waals surface area contributed by atoms with E-state index in [1.165, 1.54) is 0 Å². The minimum absolute atomic E-state index is 0.133. The molecule has 0 fully saturated rings. The van der Waals surface area contributed by atoms with E-state index in [-0.39, 0.29) is 18.6 Å². The Hall–Kier alpha value is -2.62. The van der Waals surface area contributed by atoms with E-state index in [4.69, 9.17) is 4.74 Å². The van der Waals surface area contributed by atoms with Crippen LogP contribution in [-0.4, -0.2) is 18.5 Å². The fourth-order valence-electron chi connectivity index (χ4n) is 2.12. The average Bonchev–Trinajstić information content (AvgIpc) is 2.54. The Morgan fingerprint density at radius 2 is 1.68 bits per heavy atom. The van der Waals surface area contributed by atoms with Gasteiger partial charge in [0.1, 0.15) is 0 Å². The van der Waals surface area contributed by atoms with Crippen LogP contribution in [0.1, 0.15) is 34.5 Å². The van der Waals surface area contributed by atoms with Gasteiger partial charge in [0.2, 0.25) is 0 Å². The van der Waals surface area contributed by atoms with Gasteiger partial charge in [-0.05, 0) is 31.0 Å². The first-order valence-corrected chi connectivity index (χ1v) is 7.15. The predicted molar refractivity (Wildman–Crippen MR) is 84.5 cm³/mol. The standard InChI is InChI=1S/C18H19NO3/c1-13-8-6-7-11-16(13)18(21)22-12-17(20)19-14(2)15-9-4-3-5-10-15/h3-11,14H,12H2,1-2H3,(H,19,20)/t14-/m0/s1. The number of benzene rings is 2. The van der Waals surface area contributed by atoms with Crippen LogP contribution in [0.4, 0.5) is 0 Å². The van der Waals surface area contributed by atoms with Crippen LogP contribution < -0.4 is 5.32 Å². The van der Waals surface area contributed by atoms with Gasteiger partial charge in [-0.2, -0.15) is 0 Å². The molecule has 1 atom stereocenters. The van der Waals surface area contributed by atoms with E-state index >= 15 is 0 Å². The van der Waals surface area contributed by atoms with Crippen molar-refractivity contribution in [1.29, 1.82) is 0 Å². The van der Waals surface area contributed by atoms with Crippen LogP contribution in [0.2, 0.25) is 0 Å². The third kappa shape index (κ3) is 4.19. The molecular weight excluding hydrogens is 278 g/mol. The molecule has 0 bridgehead atoms. The smallest absolute Gasteiger partial charge is 0.338 e. The first-order chi connectivity index (χ1) is 10.6. The van der Waals surface area contributed by atoms with Crippen molar-refractivity contribution in [2.24, 2.45) is 0 Å². The van der Waals surface area contributed by atoms with Gasteiger partial charge in [-0.25, -0.2) is 4.79 Å². The monoisotopic (exact) mass is 297 g/mol. The molecule has 0 saturated heterocycles. The molecule has 4 heteroatoms. The minimum atomic E-state index is -0.486. The zero-order chi connectivity index (χ0) is 15.9. The molecule has 0 aliphatic carbocycles. The molecule has 0 aliphatic heterocycles. The first-order valence-electron chi connectivity index (χ1n) is 7.15. The van der Waals surface area contributed by atoms with Gasteiger partial charge < -0.3 is 10.1 Å². The molecule has 0 aromatic heterocycles. The molecule has 0 spiro atoms. The second-order valence-electron chi connectivity index (χ2n) is 5.09. The Kier molecular flexibility index (Phi) is 5.31. The van der Waals surface area contributed by atoms with Crippen LogP contribution in [0.3, 0.4) is 0 Å². The summed E-state index contributed by atoms with van der Waals surface area (Å²) in [6.07, 6.45) is 0. The summed E-state index contributed by atoms with van der Waals surface area (Å²) >= 11 is 0. The molecule has 0 saturated carbocycles. The van der Waals surface area contributed by atoms with Crippen molar-refractivity contribution in [1.82, 2.24) is 5.32 Å². The molecule has 2 aromatic rings. The van der Waals surface area contributed by atoms with Crippen molar-refractivity contribution in [2.45, 2.75) is 19.9 Å². The summed E-state index contributed by atoms with van der Waals surface area (Å²) in [5, 5.41) is 2.80. The summed E-state index contributed by atoms with van der Waals surface area (Å²) in [6.45, 7) is 3.43. The van der Waals surface area contributed by atoms with Crippen LogP contribution in [0.15, 0.2) is 54.6 Å². The van der Waals surface area contributed by atoms with Gasteiger partial charge in [0.25, 0.3) is 5.91 Å². The number of amides is 1. The van der Waals surface area contributed by atoms with Gasteiger partial charge >= 0.3 is 5.97 Å². The molecule has 4 nitrogen and oxygen atoms in total. The number of aryl methyl sites for hydroxylation is 1. The second kappa shape index (κ2) is 7.41. The molecule has 114 valence electrons. The zero-order valence-electron chi connectivity index (χ0n) is 12.7. The molecular formula is C18H19NO3. The van der Waals surface area contributed by atoms with Crippen LogP contribution in [0, 0.1) is 6.92 Å². The quantitative estimate of drug-likeness (QED) is 0.863. The molecule has 0 heterocycles. The van der Waals surface area contributed by atoms with Gasteiger partial charge in [0.15, 0.2) is 6.61 Å². The van der Waals surface area contributed by atoms with E-state index < -0.39 is 5.97 Å². The van der Waals surface area contributed by atoms with Crippen LogP contribution in [0.25, 0.3) is 0 Å². The number of hydrogen-bond donors (Lipinski definition) is 1. The van der Waals surface area contributed by atoms with Crippen molar-refractivity contribution in [2.75, 3.05) is 6.61 Å². The van der Waals surface area contributed by atoms with E-state index in [2.05, 4.69) is 5.32 Å².